The smallest absolute Gasteiger partial charge is 0.125 e. The van der Waals surface area contributed by atoms with Gasteiger partial charge < -0.3 is 9.84 Å². The molecule has 0 atom stereocenters. The van der Waals surface area contributed by atoms with Gasteiger partial charge in [-0.3, -0.25) is 0 Å². The Morgan fingerprint density at radius 2 is 2.06 bits per heavy atom. The molecule has 0 unspecified atom stereocenters. The van der Waals surface area contributed by atoms with Gasteiger partial charge in [0.2, 0.25) is 0 Å². The first-order valence-corrected chi connectivity index (χ1v) is 6.43. The van der Waals surface area contributed by atoms with Gasteiger partial charge in [-0.25, -0.2) is 4.98 Å². The first-order valence-electron chi connectivity index (χ1n) is 5.24. The number of hydrogen-bond acceptors (Lipinski definition) is 4. The quantitative estimate of drug-likeness (QED) is 0.925. The Morgan fingerprint density at radius 1 is 1.35 bits per heavy atom. The molecule has 1 heterocycles. The number of benzene rings is 1. The topological polar surface area (TPSA) is 42.4 Å². The van der Waals surface area contributed by atoms with Crippen LogP contribution in [-0.4, -0.2) is 16.7 Å². The van der Waals surface area contributed by atoms with Crippen LogP contribution in [0.5, 0.6) is 5.75 Å². The minimum Gasteiger partial charge on any atom is -0.494 e. The van der Waals surface area contributed by atoms with Gasteiger partial charge in [0.05, 0.1) is 18.9 Å². The number of nitrogens with zero attached hydrogens (tertiary/aromatic N) is 1. The second kappa shape index (κ2) is 5.49. The van der Waals surface area contributed by atoms with Crippen LogP contribution in [0.1, 0.15) is 12.6 Å². The van der Waals surface area contributed by atoms with Crippen LogP contribution >= 0.6 is 22.9 Å². The molecule has 1 aromatic carbocycles. The maximum Gasteiger partial charge on any atom is 0.125 e. The fourth-order valence-corrected chi connectivity index (χ4v) is 2.54. The fourth-order valence-electron chi connectivity index (χ4n) is 1.41. The zero-order valence-corrected chi connectivity index (χ0v) is 10.9. The molecule has 3 nitrogen and oxygen atoms in total. The van der Waals surface area contributed by atoms with Gasteiger partial charge in [0, 0.05) is 5.56 Å². The van der Waals surface area contributed by atoms with Crippen molar-refractivity contribution in [3.05, 3.63) is 34.3 Å². The molecule has 0 aliphatic heterocycles. The van der Waals surface area contributed by atoms with Crippen molar-refractivity contribution in [2.24, 2.45) is 0 Å². The fraction of sp³-hybridized carbons (Fsp3) is 0.250. The lowest BCUT2D eigenvalue weighted by Crippen LogP contribution is -1.90. The predicted molar refractivity (Wildman–Crippen MR) is 69.7 cm³/mol. The van der Waals surface area contributed by atoms with Crippen LogP contribution < -0.4 is 4.74 Å². The van der Waals surface area contributed by atoms with Gasteiger partial charge >= 0.3 is 0 Å². The van der Waals surface area contributed by atoms with Gasteiger partial charge in [0.1, 0.15) is 15.1 Å². The van der Waals surface area contributed by atoms with Crippen LogP contribution in [0.2, 0.25) is 4.34 Å². The molecular weight excluding hydrogens is 258 g/mol. The van der Waals surface area contributed by atoms with Gasteiger partial charge in [0.15, 0.2) is 0 Å². The lowest BCUT2D eigenvalue weighted by molar-refractivity contribution is 0.278. The summed E-state index contributed by atoms with van der Waals surface area (Å²) in [7, 11) is 0. The van der Waals surface area contributed by atoms with Crippen molar-refractivity contribution in [1.29, 1.82) is 0 Å². The van der Waals surface area contributed by atoms with Crippen molar-refractivity contribution in [2.45, 2.75) is 13.5 Å². The molecule has 2 aromatic rings. The molecule has 5 heteroatoms. The summed E-state index contributed by atoms with van der Waals surface area (Å²) in [5.41, 5.74) is 1.50. The normalized spacial score (nSPS) is 10.5. The summed E-state index contributed by atoms with van der Waals surface area (Å²) in [5, 5.41) is 9.84. The SMILES string of the molecule is CCOc1ccc(-c2nc(CO)c(Cl)s2)cc1. The highest BCUT2D eigenvalue weighted by Crippen LogP contribution is 2.32. The summed E-state index contributed by atoms with van der Waals surface area (Å²) < 4.78 is 5.90. The zero-order chi connectivity index (χ0) is 12.3. The molecule has 90 valence electrons. The maximum atomic E-state index is 9.03. The van der Waals surface area contributed by atoms with E-state index in [-0.39, 0.29) is 6.61 Å². The number of aromatic nitrogens is 1. The van der Waals surface area contributed by atoms with Crippen LogP contribution in [0.4, 0.5) is 0 Å². The van der Waals surface area contributed by atoms with E-state index >= 15 is 0 Å². The average Bonchev–Trinajstić information content (AvgIpc) is 2.72. The van der Waals surface area contributed by atoms with Gasteiger partial charge in [-0.05, 0) is 31.2 Å². The Morgan fingerprint density at radius 3 is 2.59 bits per heavy atom. The molecule has 1 N–H and O–H groups in total. The van der Waals surface area contributed by atoms with E-state index in [1.165, 1.54) is 11.3 Å². The van der Waals surface area contributed by atoms with Crippen LogP contribution in [-0.2, 0) is 6.61 Å². The second-order valence-electron chi connectivity index (χ2n) is 3.35. The number of ether oxygens (including phenoxy) is 1. The molecule has 2 rings (SSSR count). The van der Waals surface area contributed by atoms with E-state index < -0.39 is 0 Å². The molecule has 0 radical (unpaired) electrons. The predicted octanol–water partition coefficient (Wildman–Crippen LogP) is 3.35. The molecule has 0 aliphatic rings. The van der Waals surface area contributed by atoms with E-state index in [9.17, 15) is 0 Å². The van der Waals surface area contributed by atoms with E-state index in [4.69, 9.17) is 21.4 Å². The van der Waals surface area contributed by atoms with Gasteiger partial charge in [-0.1, -0.05) is 11.6 Å². The molecule has 17 heavy (non-hydrogen) atoms. The summed E-state index contributed by atoms with van der Waals surface area (Å²) in [4.78, 5) is 4.27. The standard InChI is InChI=1S/C12H12ClNO2S/c1-2-16-9-5-3-8(4-6-9)12-14-10(7-15)11(13)17-12/h3-6,15H,2,7H2,1H3. The van der Waals surface area contributed by atoms with Crippen molar-refractivity contribution in [3.8, 4) is 16.3 Å². The van der Waals surface area contributed by atoms with Crippen molar-refractivity contribution < 1.29 is 9.84 Å². The molecule has 0 spiro atoms. The summed E-state index contributed by atoms with van der Waals surface area (Å²) in [6.07, 6.45) is 0. The summed E-state index contributed by atoms with van der Waals surface area (Å²) in [6, 6.07) is 7.65. The van der Waals surface area contributed by atoms with Crippen molar-refractivity contribution in [1.82, 2.24) is 4.98 Å². The molecule has 1 aromatic heterocycles. The van der Waals surface area contributed by atoms with Crippen molar-refractivity contribution in [2.75, 3.05) is 6.61 Å². The van der Waals surface area contributed by atoms with E-state index in [0.717, 1.165) is 16.3 Å². The number of halogens is 1. The first kappa shape index (κ1) is 12.4. The third-order valence-corrected chi connectivity index (χ3v) is 3.60. The highest BCUT2D eigenvalue weighted by Gasteiger charge is 2.09. The van der Waals surface area contributed by atoms with Gasteiger partial charge in [-0.2, -0.15) is 0 Å². The number of rotatable bonds is 4. The Kier molecular flexibility index (Phi) is 3.99. The summed E-state index contributed by atoms with van der Waals surface area (Å²) in [6.45, 7) is 2.46. The van der Waals surface area contributed by atoms with Crippen molar-refractivity contribution >= 4 is 22.9 Å². The lowest BCUT2D eigenvalue weighted by atomic mass is 10.2. The van der Waals surface area contributed by atoms with E-state index in [2.05, 4.69) is 4.98 Å². The summed E-state index contributed by atoms with van der Waals surface area (Å²) in [5.74, 6) is 0.835. The largest absolute Gasteiger partial charge is 0.494 e. The number of aliphatic hydroxyl groups excluding tert-OH is 1. The first-order chi connectivity index (χ1) is 8.24. The number of thiazole rings is 1. The third kappa shape index (κ3) is 2.77. The van der Waals surface area contributed by atoms with E-state index in [1.54, 1.807) is 0 Å². The number of aliphatic hydroxyl groups is 1. The molecular formula is C12H12ClNO2S. The monoisotopic (exact) mass is 269 g/mol. The minimum absolute atomic E-state index is 0.133. The summed E-state index contributed by atoms with van der Waals surface area (Å²) >= 11 is 7.31. The molecule has 0 amide bonds. The van der Waals surface area contributed by atoms with Gasteiger partial charge in [0.25, 0.3) is 0 Å². The van der Waals surface area contributed by atoms with Crippen LogP contribution in [0.3, 0.4) is 0 Å². The molecule has 0 saturated carbocycles. The zero-order valence-electron chi connectivity index (χ0n) is 9.31. The molecule has 0 saturated heterocycles. The highest BCUT2D eigenvalue weighted by molar-refractivity contribution is 7.19. The Bertz CT molecular complexity index is 496. The lowest BCUT2D eigenvalue weighted by Gasteiger charge is -2.02. The van der Waals surface area contributed by atoms with Crippen molar-refractivity contribution in [3.63, 3.8) is 0 Å². The van der Waals surface area contributed by atoms with E-state index in [1.807, 2.05) is 31.2 Å². The van der Waals surface area contributed by atoms with Crippen LogP contribution in [0.15, 0.2) is 24.3 Å². The Hall–Kier alpha value is -1.10. The Labute approximate surface area is 109 Å². The minimum atomic E-state index is -0.133. The second-order valence-corrected chi connectivity index (χ2v) is 4.96. The number of hydrogen-bond donors (Lipinski definition) is 1. The highest BCUT2D eigenvalue weighted by atomic mass is 35.5. The molecule has 0 bridgehead atoms. The maximum absolute atomic E-state index is 9.03. The van der Waals surface area contributed by atoms with Crippen LogP contribution in [0.25, 0.3) is 10.6 Å². The third-order valence-electron chi connectivity index (χ3n) is 2.21. The van der Waals surface area contributed by atoms with Crippen LogP contribution in [0, 0.1) is 0 Å². The van der Waals surface area contributed by atoms with E-state index in [0.29, 0.717) is 16.6 Å². The Balaban J connectivity index is 2.26. The molecule has 0 fully saturated rings. The average molecular weight is 270 g/mol. The van der Waals surface area contributed by atoms with Gasteiger partial charge in [-0.15, -0.1) is 11.3 Å². The molecule has 0 aliphatic carbocycles.